The second-order valence-electron chi connectivity index (χ2n) is 4.92. The summed E-state index contributed by atoms with van der Waals surface area (Å²) in [6.07, 6.45) is 3.46. The van der Waals surface area contributed by atoms with E-state index in [2.05, 4.69) is 34.9 Å². The Morgan fingerprint density at radius 3 is 2.69 bits per heavy atom. The lowest BCUT2D eigenvalue weighted by Crippen LogP contribution is -2.37. The highest BCUT2D eigenvalue weighted by molar-refractivity contribution is 9.09. The Labute approximate surface area is 87.5 Å². The number of fused-ring (bicyclic) bond motifs is 2. The molecule has 0 radical (unpaired) electrons. The quantitative estimate of drug-likeness (QED) is 0.430. The first-order chi connectivity index (χ1) is 6.08. The lowest BCUT2D eigenvalue weighted by Gasteiger charge is -2.36. The third-order valence-corrected chi connectivity index (χ3v) is 5.47. The highest BCUT2D eigenvalue weighted by Gasteiger charge is 2.62. The summed E-state index contributed by atoms with van der Waals surface area (Å²) in [6, 6.07) is 0. The molecular weight excluding hydrogens is 230 g/mol. The van der Waals surface area contributed by atoms with Gasteiger partial charge in [0.25, 0.3) is 0 Å². The molecule has 3 heteroatoms. The summed E-state index contributed by atoms with van der Waals surface area (Å²) in [4.78, 5) is 0. The highest BCUT2D eigenvalue weighted by Crippen LogP contribution is 2.64. The molecule has 0 aromatic heterocycles. The van der Waals surface area contributed by atoms with Crippen molar-refractivity contribution in [3.63, 3.8) is 0 Å². The molecule has 0 aromatic rings. The fourth-order valence-corrected chi connectivity index (χ4v) is 4.58. The largest absolute Gasteiger partial charge is 0.411 e. The molecule has 0 aromatic carbocycles. The Bertz CT molecular complexity index is 262. The Hall–Kier alpha value is -0.0500. The summed E-state index contributed by atoms with van der Waals surface area (Å²) in [7, 11) is 0. The first-order valence-electron chi connectivity index (χ1n) is 4.86. The van der Waals surface area contributed by atoms with Gasteiger partial charge in [-0.05, 0) is 30.6 Å². The van der Waals surface area contributed by atoms with Crippen LogP contribution in [0.15, 0.2) is 5.16 Å². The molecule has 2 aliphatic carbocycles. The standard InChI is InChI=1S/C10H16BrNO/c1-9(2)7-3-4-10(9,6-11)8(5-7)12-13/h7,13H,3-6H2,1-2H3/b12-8-/t7-,10-/m0/s1. The molecule has 1 N–H and O–H groups in total. The van der Waals surface area contributed by atoms with Crippen LogP contribution in [0, 0.1) is 16.7 Å². The van der Waals surface area contributed by atoms with Gasteiger partial charge in [0.2, 0.25) is 0 Å². The summed E-state index contributed by atoms with van der Waals surface area (Å²) >= 11 is 3.59. The molecule has 0 aliphatic heterocycles. The van der Waals surface area contributed by atoms with Gasteiger partial charge in [0.15, 0.2) is 0 Å². The van der Waals surface area contributed by atoms with Gasteiger partial charge in [-0.3, -0.25) is 0 Å². The number of hydrogen-bond acceptors (Lipinski definition) is 2. The van der Waals surface area contributed by atoms with Crippen molar-refractivity contribution in [3.05, 3.63) is 0 Å². The van der Waals surface area contributed by atoms with Gasteiger partial charge in [0.1, 0.15) is 0 Å². The molecule has 0 heterocycles. The normalized spacial score (nSPS) is 44.5. The summed E-state index contributed by atoms with van der Waals surface area (Å²) < 4.78 is 0. The maximum Gasteiger partial charge on any atom is 0.0649 e. The lowest BCUT2D eigenvalue weighted by molar-refractivity contribution is 0.196. The first kappa shape index (κ1) is 9.50. The maximum atomic E-state index is 8.98. The number of nitrogens with zero attached hydrogens (tertiary/aromatic N) is 1. The zero-order valence-corrected chi connectivity index (χ0v) is 9.76. The van der Waals surface area contributed by atoms with E-state index >= 15 is 0 Å². The van der Waals surface area contributed by atoms with Crippen LogP contribution in [-0.2, 0) is 0 Å². The topological polar surface area (TPSA) is 32.6 Å². The summed E-state index contributed by atoms with van der Waals surface area (Å²) in [5.41, 5.74) is 1.45. The van der Waals surface area contributed by atoms with Gasteiger partial charge < -0.3 is 5.21 Å². The molecular formula is C10H16BrNO. The minimum atomic E-state index is 0.131. The number of hydrogen-bond donors (Lipinski definition) is 1. The number of alkyl halides is 1. The van der Waals surface area contributed by atoms with Crippen LogP contribution in [0.25, 0.3) is 0 Å². The van der Waals surface area contributed by atoms with Crippen molar-refractivity contribution < 1.29 is 5.21 Å². The van der Waals surface area contributed by atoms with Crippen molar-refractivity contribution in [1.29, 1.82) is 0 Å². The summed E-state index contributed by atoms with van der Waals surface area (Å²) in [5.74, 6) is 0.718. The Morgan fingerprint density at radius 2 is 2.31 bits per heavy atom. The Balaban J connectivity index is 2.47. The van der Waals surface area contributed by atoms with Crippen molar-refractivity contribution in [1.82, 2.24) is 0 Å². The fourth-order valence-electron chi connectivity index (χ4n) is 3.25. The van der Waals surface area contributed by atoms with E-state index < -0.39 is 0 Å². The molecule has 2 saturated carbocycles. The monoisotopic (exact) mass is 245 g/mol. The van der Waals surface area contributed by atoms with Crippen molar-refractivity contribution in [2.24, 2.45) is 21.9 Å². The molecule has 13 heavy (non-hydrogen) atoms. The second kappa shape index (κ2) is 2.72. The van der Waals surface area contributed by atoms with Crippen molar-refractivity contribution in [2.75, 3.05) is 5.33 Å². The van der Waals surface area contributed by atoms with Gasteiger partial charge in [0, 0.05) is 10.7 Å². The highest BCUT2D eigenvalue weighted by atomic mass is 79.9. The van der Waals surface area contributed by atoms with Crippen LogP contribution < -0.4 is 0 Å². The third kappa shape index (κ3) is 0.915. The van der Waals surface area contributed by atoms with Gasteiger partial charge in [0.05, 0.1) is 5.71 Å². The molecule has 2 nitrogen and oxygen atoms in total. The van der Waals surface area contributed by atoms with Crippen LogP contribution in [0.3, 0.4) is 0 Å². The van der Waals surface area contributed by atoms with Crippen LogP contribution >= 0.6 is 15.9 Å². The van der Waals surface area contributed by atoms with Crippen molar-refractivity contribution in [2.45, 2.75) is 33.1 Å². The molecule has 0 spiro atoms. The number of oxime groups is 1. The van der Waals surface area contributed by atoms with Crippen LogP contribution in [-0.4, -0.2) is 16.2 Å². The number of rotatable bonds is 1. The molecule has 74 valence electrons. The fraction of sp³-hybridized carbons (Fsp3) is 0.900. The zero-order chi connectivity index (χ0) is 9.69. The van der Waals surface area contributed by atoms with Crippen LogP contribution in [0.1, 0.15) is 33.1 Å². The summed E-state index contributed by atoms with van der Waals surface area (Å²) in [5, 5.41) is 13.4. The minimum Gasteiger partial charge on any atom is -0.411 e. The lowest BCUT2D eigenvalue weighted by atomic mass is 9.70. The van der Waals surface area contributed by atoms with E-state index in [4.69, 9.17) is 5.21 Å². The predicted octanol–water partition coefficient (Wildman–Crippen LogP) is 3.04. The Morgan fingerprint density at radius 1 is 1.62 bits per heavy atom. The third-order valence-electron chi connectivity index (χ3n) is 4.51. The Kier molecular flexibility index (Phi) is 1.99. The van der Waals surface area contributed by atoms with Crippen LogP contribution in [0.4, 0.5) is 0 Å². The molecule has 0 saturated heterocycles. The maximum absolute atomic E-state index is 8.98. The van der Waals surface area contributed by atoms with E-state index in [-0.39, 0.29) is 5.41 Å². The first-order valence-corrected chi connectivity index (χ1v) is 5.98. The van der Waals surface area contributed by atoms with Gasteiger partial charge >= 0.3 is 0 Å². The van der Waals surface area contributed by atoms with Crippen molar-refractivity contribution in [3.8, 4) is 0 Å². The zero-order valence-electron chi connectivity index (χ0n) is 8.18. The number of halogens is 1. The van der Waals surface area contributed by atoms with Gasteiger partial charge in [-0.2, -0.15) is 0 Å². The molecule has 2 aliphatic rings. The molecule has 2 atom stereocenters. The average Bonchev–Trinajstić information content (AvgIpc) is 2.50. The van der Waals surface area contributed by atoms with E-state index in [1.54, 1.807) is 0 Å². The van der Waals surface area contributed by atoms with Crippen LogP contribution in [0.2, 0.25) is 0 Å². The molecule has 0 amide bonds. The summed E-state index contributed by atoms with van der Waals surface area (Å²) in [6.45, 7) is 4.62. The van der Waals surface area contributed by atoms with Gasteiger partial charge in [-0.25, -0.2) is 0 Å². The van der Waals surface area contributed by atoms with E-state index in [0.29, 0.717) is 5.41 Å². The van der Waals surface area contributed by atoms with Crippen molar-refractivity contribution >= 4 is 21.6 Å². The molecule has 2 bridgehead atoms. The molecule has 2 fully saturated rings. The van der Waals surface area contributed by atoms with E-state index in [0.717, 1.165) is 23.4 Å². The van der Waals surface area contributed by atoms with E-state index in [1.807, 2.05) is 0 Å². The van der Waals surface area contributed by atoms with Crippen LogP contribution in [0.5, 0.6) is 0 Å². The smallest absolute Gasteiger partial charge is 0.0649 e. The average molecular weight is 246 g/mol. The SMILES string of the molecule is CC1(C)[C@H]2CC[C@]1(CBr)/C(=N\O)C2. The second-order valence-corrected chi connectivity index (χ2v) is 5.48. The van der Waals surface area contributed by atoms with E-state index in [1.165, 1.54) is 12.8 Å². The van der Waals surface area contributed by atoms with Gasteiger partial charge in [-0.15, -0.1) is 0 Å². The predicted molar refractivity (Wildman–Crippen MR) is 56.6 cm³/mol. The van der Waals surface area contributed by atoms with E-state index in [9.17, 15) is 0 Å². The minimum absolute atomic E-state index is 0.131. The molecule has 2 rings (SSSR count). The molecule has 0 unspecified atom stereocenters. The van der Waals surface area contributed by atoms with Gasteiger partial charge in [-0.1, -0.05) is 34.9 Å².